The Morgan fingerprint density at radius 2 is 2.04 bits per heavy atom. The molecule has 134 valence electrons. The molecule has 3 aromatic rings. The Morgan fingerprint density at radius 3 is 2.81 bits per heavy atom. The van der Waals surface area contributed by atoms with E-state index in [1.165, 1.54) is 12.1 Å². The van der Waals surface area contributed by atoms with Crippen molar-refractivity contribution in [1.29, 1.82) is 0 Å². The zero-order valence-electron chi connectivity index (χ0n) is 14.4. The molecule has 0 bridgehead atoms. The lowest BCUT2D eigenvalue weighted by Gasteiger charge is -2.31. The fourth-order valence-corrected chi connectivity index (χ4v) is 3.08. The summed E-state index contributed by atoms with van der Waals surface area (Å²) in [6, 6.07) is 7.53. The Balaban J connectivity index is 1.49. The van der Waals surface area contributed by atoms with Crippen LogP contribution in [0.15, 0.2) is 36.5 Å². The minimum Gasteiger partial charge on any atom is -0.439 e. The molecule has 1 fully saturated rings. The van der Waals surface area contributed by atoms with E-state index in [0.717, 1.165) is 37.6 Å². The Morgan fingerprint density at radius 1 is 1.19 bits per heavy atom. The monoisotopic (exact) mass is 354 g/mol. The molecule has 1 atom stereocenters. The number of hydrogen-bond acceptors (Lipinski definition) is 6. The van der Waals surface area contributed by atoms with Crippen LogP contribution in [0.4, 0.5) is 10.3 Å². The van der Waals surface area contributed by atoms with Gasteiger partial charge in [0, 0.05) is 31.3 Å². The Kier molecular flexibility index (Phi) is 4.47. The number of nitrogens with one attached hydrogen (secondary N) is 1. The van der Waals surface area contributed by atoms with Crippen LogP contribution >= 0.6 is 0 Å². The van der Waals surface area contributed by atoms with Crippen LogP contribution in [0.2, 0.25) is 0 Å². The smallest absolute Gasteiger partial charge is 0.228 e. The van der Waals surface area contributed by atoms with Crippen LogP contribution in [0.1, 0.15) is 30.4 Å². The van der Waals surface area contributed by atoms with Gasteiger partial charge in [-0.25, -0.2) is 14.4 Å². The average Bonchev–Trinajstić information content (AvgIpc) is 3.11. The summed E-state index contributed by atoms with van der Waals surface area (Å²) in [5.74, 6) is 3.18. The first-order valence-electron chi connectivity index (χ1n) is 8.58. The quantitative estimate of drug-likeness (QED) is 0.775. The van der Waals surface area contributed by atoms with E-state index in [4.69, 9.17) is 4.74 Å². The number of ether oxygens (including phenoxy) is 1. The molecule has 1 unspecified atom stereocenters. The predicted molar refractivity (Wildman–Crippen MR) is 93.8 cm³/mol. The number of aromatic nitrogens is 5. The molecule has 3 heterocycles. The van der Waals surface area contributed by atoms with E-state index in [1.54, 1.807) is 24.4 Å². The van der Waals surface area contributed by atoms with Crippen LogP contribution in [0, 0.1) is 12.7 Å². The molecule has 0 spiro atoms. The summed E-state index contributed by atoms with van der Waals surface area (Å²) in [4.78, 5) is 15.5. The van der Waals surface area contributed by atoms with Gasteiger partial charge >= 0.3 is 0 Å². The van der Waals surface area contributed by atoms with Gasteiger partial charge in [-0.05, 0) is 44.0 Å². The SMILES string of the molecule is Cc1nc(C2CCCN(c3nccc(Oc4ccc(F)cc4)n3)C2)n[nH]1. The highest BCUT2D eigenvalue weighted by atomic mass is 19.1. The van der Waals surface area contributed by atoms with E-state index >= 15 is 0 Å². The Bertz CT molecular complexity index is 881. The summed E-state index contributed by atoms with van der Waals surface area (Å²) < 4.78 is 18.7. The van der Waals surface area contributed by atoms with Crippen molar-refractivity contribution in [2.75, 3.05) is 18.0 Å². The molecule has 0 saturated carbocycles. The Labute approximate surface area is 150 Å². The maximum Gasteiger partial charge on any atom is 0.228 e. The lowest BCUT2D eigenvalue weighted by molar-refractivity contribution is 0.453. The topological polar surface area (TPSA) is 79.8 Å². The lowest BCUT2D eigenvalue weighted by Crippen LogP contribution is -2.36. The lowest BCUT2D eigenvalue weighted by atomic mass is 9.98. The summed E-state index contributed by atoms with van der Waals surface area (Å²) in [5.41, 5.74) is 0. The van der Waals surface area contributed by atoms with Crippen molar-refractivity contribution in [1.82, 2.24) is 25.1 Å². The normalized spacial score (nSPS) is 17.3. The number of piperidine rings is 1. The third-order valence-corrected chi connectivity index (χ3v) is 4.34. The number of aromatic amines is 1. The molecule has 0 amide bonds. The molecule has 4 rings (SSSR count). The van der Waals surface area contributed by atoms with Crippen LogP contribution in [0.5, 0.6) is 11.6 Å². The van der Waals surface area contributed by atoms with Crippen molar-refractivity contribution >= 4 is 5.95 Å². The van der Waals surface area contributed by atoms with Crippen molar-refractivity contribution in [3.05, 3.63) is 54.0 Å². The molecule has 8 heteroatoms. The van der Waals surface area contributed by atoms with Gasteiger partial charge in [0.2, 0.25) is 11.8 Å². The Hall–Kier alpha value is -3.03. The summed E-state index contributed by atoms with van der Waals surface area (Å²) in [7, 11) is 0. The van der Waals surface area contributed by atoms with E-state index in [1.807, 2.05) is 6.92 Å². The molecular weight excluding hydrogens is 335 g/mol. The molecule has 26 heavy (non-hydrogen) atoms. The van der Waals surface area contributed by atoms with Gasteiger partial charge in [-0.15, -0.1) is 0 Å². The molecular formula is C18H19FN6O. The van der Waals surface area contributed by atoms with Gasteiger partial charge in [0.1, 0.15) is 17.4 Å². The van der Waals surface area contributed by atoms with E-state index in [-0.39, 0.29) is 11.7 Å². The second-order valence-corrected chi connectivity index (χ2v) is 6.32. The zero-order chi connectivity index (χ0) is 17.9. The first-order valence-corrected chi connectivity index (χ1v) is 8.58. The van der Waals surface area contributed by atoms with Crippen molar-refractivity contribution in [3.8, 4) is 11.6 Å². The van der Waals surface area contributed by atoms with E-state index in [0.29, 0.717) is 17.6 Å². The molecule has 0 radical (unpaired) electrons. The minimum atomic E-state index is -0.303. The number of anilines is 1. The third-order valence-electron chi connectivity index (χ3n) is 4.34. The van der Waals surface area contributed by atoms with Crippen molar-refractivity contribution < 1.29 is 9.13 Å². The van der Waals surface area contributed by atoms with Crippen LogP contribution in [0.25, 0.3) is 0 Å². The largest absolute Gasteiger partial charge is 0.439 e. The predicted octanol–water partition coefficient (Wildman–Crippen LogP) is 3.22. The highest BCUT2D eigenvalue weighted by molar-refractivity contribution is 5.35. The van der Waals surface area contributed by atoms with E-state index in [9.17, 15) is 4.39 Å². The first-order chi connectivity index (χ1) is 12.7. The van der Waals surface area contributed by atoms with Gasteiger partial charge in [0.25, 0.3) is 0 Å². The van der Waals surface area contributed by atoms with Crippen LogP contribution in [-0.2, 0) is 0 Å². The van der Waals surface area contributed by atoms with Gasteiger partial charge in [-0.1, -0.05) is 0 Å². The second kappa shape index (κ2) is 7.07. The maximum atomic E-state index is 13.0. The molecule has 1 N–H and O–H groups in total. The van der Waals surface area contributed by atoms with Crippen molar-refractivity contribution in [3.63, 3.8) is 0 Å². The highest BCUT2D eigenvalue weighted by Crippen LogP contribution is 2.28. The summed E-state index contributed by atoms with van der Waals surface area (Å²) in [6.07, 6.45) is 3.73. The van der Waals surface area contributed by atoms with E-state index in [2.05, 4.69) is 30.0 Å². The van der Waals surface area contributed by atoms with Gasteiger partial charge in [-0.2, -0.15) is 10.1 Å². The van der Waals surface area contributed by atoms with Gasteiger partial charge in [-0.3, -0.25) is 5.10 Å². The van der Waals surface area contributed by atoms with Gasteiger partial charge < -0.3 is 9.64 Å². The number of rotatable bonds is 4. The number of aryl methyl sites for hydroxylation is 1. The van der Waals surface area contributed by atoms with Crippen molar-refractivity contribution in [2.45, 2.75) is 25.7 Å². The summed E-state index contributed by atoms with van der Waals surface area (Å²) in [5, 5.41) is 7.19. The highest BCUT2D eigenvalue weighted by Gasteiger charge is 2.26. The van der Waals surface area contributed by atoms with Gasteiger partial charge in [0.05, 0.1) is 0 Å². The first kappa shape index (κ1) is 16.4. The molecule has 0 aliphatic carbocycles. The molecule has 2 aromatic heterocycles. The summed E-state index contributed by atoms with van der Waals surface area (Å²) >= 11 is 0. The fourth-order valence-electron chi connectivity index (χ4n) is 3.08. The third kappa shape index (κ3) is 3.63. The van der Waals surface area contributed by atoms with Gasteiger partial charge in [0.15, 0.2) is 5.82 Å². The average molecular weight is 354 g/mol. The molecule has 1 aliphatic heterocycles. The van der Waals surface area contributed by atoms with Crippen LogP contribution in [-0.4, -0.2) is 38.2 Å². The number of nitrogens with zero attached hydrogens (tertiary/aromatic N) is 5. The second-order valence-electron chi connectivity index (χ2n) is 6.32. The molecule has 7 nitrogen and oxygen atoms in total. The van der Waals surface area contributed by atoms with Crippen molar-refractivity contribution in [2.24, 2.45) is 0 Å². The van der Waals surface area contributed by atoms with Crippen LogP contribution in [0.3, 0.4) is 0 Å². The molecule has 1 aromatic carbocycles. The number of H-pyrrole nitrogens is 1. The number of halogens is 1. The minimum absolute atomic E-state index is 0.249. The van der Waals surface area contributed by atoms with Crippen LogP contribution < -0.4 is 9.64 Å². The summed E-state index contributed by atoms with van der Waals surface area (Å²) in [6.45, 7) is 3.54. The molecule has 1 saturated heterocycles. The molecule has 1 aliphatic rings. The van der Waals surface area contributed by atoms with E-state index < -0.39 is 0 Å². The fraction of sp³-hybridized carbons (Fsp3) is 0.333. The maximum absolute atomic E-state index is 13.0. The zero-order valence-corrected chi connectivity index (χ0v) is 14.4. The number of benzene rings is 1. The standard InChI is InChI=1S/C18H19FN6O/c1-12-21-17(24-23-12)13-3-2-10-25(11-13)18-20-9-8-16(22-18)26-15-6-4-14(19)5-7-15/h4-9,13H,2-3,10-11H2,1H3,(H,21,23,24). The number of hydrogen-bond donors (Lipinski definition) is 1.